The van der Waals surface area contributed by atoms with Crippen LogP contribution in [0.5, 0.6) is 0 Å². The summed E-state index contributed by atoms with van der Waals surface area (Å²) in [4.78, 5) is 9.65. The highest BCUT2D eigenvalue weighted by atomic mass is 17.2. The molecule has 0 amide bonds. The van der Waals surface area contributed by atoms with Crippen molar-refractivity contribution in [3.05, 3.63) is 0 Å². The van der Waals surface area contributed by atoms with Crippen LogP contribution in [-0.4, -0.2) is 19.0 Å². The van der Waals surface area contributed by atoms with Crippen molar-refractivity contribution >= 4 is 0 Å². The Morgan fingerprint density at radius 3 is 2.78 bits per heavy atom. The fraction of sp³-hybridized carbons (Fsp3) is 1.00. The first-order chi connectivity index (χ1) is 4.21. The predicted molar refractivity (Wildman–Crippen MR) is 31.7 cm³/mol. The molecule has 9 heavy (non-hydrogen) atoms. The van der Waals surface area contributed by atoms with Gasteiger partial charge in [-0.25, -0.2) is 9.78 Å². The second-order valence-electron chi connectivity index (χ2n) is 2.51. The van der Waals surface area contributed by atoms with Crippen molar-refractivity contribution in [1.29, 1.82) is 0 Å². The van der Waals surface area contributed by atoms with Gasteiger partial charge in [0, 0.05) is 0 Å². The smallest absolute Gasteiger partial charge is 0.195 e. The first kappa shape index (κ1) is 6.99. The first-order valence-corrected chi connectivity index (χ1v) is 3.15. The number of hydrogen-bond acceptors (Lipinski definition) is 3. The molecule has 0 atom stereocenters. The third-order valence-electron chi connectivity index (χ3n) is 1.08. The van der Waals surface area contributed by atoms with Gasteiger partial charge in [0.15, 0.2) is 5.79 Å². The number of ether oxygens (including phenoxy) is 1. The van der Waals surface area contributed by atoms with Crippen LogP contribution in [-0.2, 0) is 14.5 Å². The maximum Gasteiger partial charge on any atom is 0.195 e. The van der Waals surface area contributed by atoms with Crippen LogP contribution in [0.3, 0.4) is 0 Å². The first-order valence-electron chi connectivity index (χ1n) is 3.15. The summed E-state index contributed by atoms with van der Waals surface area (Å²) in [6.07, 6.45) is 0.906. The number of hydrogen-bond donors (Lipinski definition) is 0. The van der Waals surface area contributed by atoms with Crippen molar-refractivity contribution in [3.8, 4) is 0 Å². The SMILES string of the molecule is CC1(C)OCCCOO1. The molecule has 1 rings (SSSR count). The molecule has 0 N–H and O–H groups in total. The molecule has 1 aliphatic rings. The second-order valence-corrected chi connectivity index (χ2v) is 2.51. The van der Waals surface area contributed by atoms with Gasteiger partial charge in [-0.15, -0.1) is 0 Å². The van der Waals surface area contributed by atoms with Gasteiger partial charge < -0.3 is 4.74 Å². The minimum Gasteiger partial charge on any atom is -0.348 e. The Bertz CT molecular complexity index is 80.3. The highest BCUT2D eigenvalue weighted by Crippen LogP contribution is 2.14. The molecular weight excluding hydrogens is 120 g/mol. The van der Waals surface area contributed by atoms with Crippen LogP contribution in [0.1, 0.15) is 20.3 Å². The summed E-state index contributed by atoms with van der Waals surface area (Å²) in [5.41, 5.74) is 0. The van der Waals surface area contributed by atoms with Gasteiger partial charge >= 0.3 is 0 Å². The molecule has 0 aromatic heterocycles. The molecule has 54 valence electrons. The van der Waals surface area contributed by atoms with Crippen LogP contribution >= 0.6 is 0 Å². The standard InChI is InChI=1S/C6H12O3/c1-6(2)7-4-3-5-8-9-6/h3-5H2,1-2H3. The normalized spacial score (nSPS) is 27.3. The zero-order valence-electron chi connectivity index (χ0n) is 5.85. The molecule has 3 nitrogen and oxygen atoms in total. The zero-order chi connectivity index (χ0) is 6.74. The lowest BCUT2D eigenvalue weighted by molar-refractivity contribution is -0.402. The Morgan fingerprint density at radius 2 is 2.00 bits per heavy atom. The van der Waals surface area contributed by atoms with E-state index >= 15 is 0 Å². The Balaban J connectivity index is 2.36. The molecule has 0 radical (unpaired) electrons. The monoisotopic (exact) mass is 132 g/mol. The van der Waals surface area contributed by atoms with Crippen LogP contribution in [0.4, 0.5) is 0 Å². The van der Waals surface area contributed by atoms with E-state index in [0.29, 0.717) is 13.2 Å². The van der Waals surface area contributed by atoms with Gasteiger partial charge in [0.25, 0.3) is 0 Å². The predicted octanol–water partition coefficient (Wildman–Crippen LogP) is 1.09. The lowest BCUT2D eigenvalue weighted by Crippen LogP contribution is -2.26. The largest absolute Gasteiger partial charge is 0.348 e. The van der Waals surface area contributed by atoms with E-state index in [2.05, 4.69) is 0 Å². The van der Waals surface area contributed by atoms with Crippen molar-refractivity contribution in [1.82, 2.24) is 0 Å². The van der Waals surface area contributed by atoms with E-state index in [-0.39, 0.29) is 0 Å². The van der Waals surface area contributed by atoms with E-state index < -0.39 is 5.79 Å². The molecule has 0 aromatic rings. The molecule has 0 aromatic carbocycles. The highest BCUT2D eigenvalue weighted by Gasteiger charge is 2.22. The Kier molecular flexibility index (Phi) is 2.05. The molecule has 1 aliphatic heterocycles. The summed E-state index contributed by atoms with van der Waals surface area (Å²) in [6.45, 7) is 5.01. The average Bonchev–Trinajstić information content (AvgIpc) is 1.92. The lowest BCUT2D eigenvalue weighted by Gasteiger charge is -2.19. The molecule has 1 saturated heterocycles. The minimum absolute atomic E-state index is 0.559. The van der Waals surface area contributed by atoms with Crippen LogP contribution in [0.15, 0.2) is 0 Å². The van der Waals surface area contributed by atoms with E-state index in [1.165, 1.54) is 0 Å². The van der Waals surface area contributed by atoms with Gasteiger partial charge in [0.1, 0.15) is 0 Å². The quantitative estimate of drug-likeness (QED) is 0.462. The van der Waals surface area contributed by atoms with Crippen molar-refractivity contribution in [2.75, 3.05) is 13.2 Å². The third-order valence-corrected chi connectivity index (χ3v) is 1.08. The van der Waals surface area contributed by atoms with Gasteiger partial charge in [-0.05, 0) is 20.3 Å². The molecular formula is C6H12O3. The van der Waals surface area contributed by atoms with E-state index in [0.717, 1.165) is 6.42 Å². The molecule has 3 heteroatoms. The summed E-state index contributed by atoms with van der Waals surface area (Å²) in [7, 11) is 0. The van der Waals surface area contributed by atoms with E-state index in [9.17, 15) is 0 Å². The van der Waals surface area contributed by atoms with Crippen LogP contribution < -0.4 is 0 Å². The molecule has 1 heterocycles. The zero-order valence-corrected chi connectivity index (χ0v) is 5.85. The van der Waals surface area contributed by atoms with Crippen LogP contribution in [0.2, 0.25) is 0 Å². The Labute approximate surface area is 54.8 Å². The van der Waals surface area contributed by atoms with E-state index in [1.54, 1.807) is 0 Å². The van der Waals surface area contributed by atoms with Crippen LogP contribution in [0.25, 0.3) is 0 Å². The van der Waals surface area contributed by atoms with Crippen LogP contribution in [0, 0.1) is 0 Å². The molecule has 0 aliphatic carbocycles. The summed E-state index contributed by atoms with van der Waals surface area (Å²) in [5, 5.41) is 0. The fourth-order valence-corrected chi connectivity index (χ4v) is 0.643. The Hall–Kier alpha value is -0.120. The van der Waals surface area contributed by atoms with Gasteiger partial charge in [-0.2, -0.15) is 0 Å². The highest BCUT2D eigenvalue weighted by molar-refractivity contribution is 4.52. The summed E-state index contributed by atoms with van der Waals surface area (Å²) >= 11 is 0. The summed E-state index contributed by atoms with van der Waals surface area (Å²) < 4.78 is 5.24. The summed E-state index contributed by atoms with van der Waals surface area (Å²) in [6, 6.07) is 0. The molecule has 0 unspecified atom stereocenters. The van der Waals surface area contributed by atoms with Gasteiger partial charge in [-0.3, -0.25) is 0 Å². The molecule has 0 saturated carbocycles. The van der Waals surface area contributed by atoms with Gasteiger partial charge in [0.2, 0.25) is 0 Å². The Morgan fingerprint density at radius 1 is 1.22 bits per heavy atom. The average molecular weight is 132 g/mol. The minimum atomic E-state index is -0.559. The second kappa shape index (κ2) is 2.64. The van der Waals surface area contributed by atoms with Crippen molar-refractivity contribution in [3.63, 3.8) is 0 Å². The van der Waals surface area contributed by atoms with Gasteiger partial charge in [-0.1, -0.05) is 0 Å². The molecule has 0 bridgehead atoms. The maximum absolute atomic E-state index is 5.24. The maximum atomic E-state index is 5.24. The number of rotatable bonds is 0. The van der Waals surface area contributed by atoms with Crippen molar-refractivity contribution < 1.29 is 14.5 Å². The summed E-state index contributed by atoms with van der Waals surface area (Å²) in [5.74, 6) is -0.559. The fourth-order valence-electron chi connectivity index (χ4n) is 0.643. The topological polar surface area (TPSA) is 27.7 Å². The lowest BCUT2D eigenvalue weighted by atomic mass is 10.4. The van der Waals surface area contributed by atoms with Crippen molar-refractivity contribution in [2.24, 2.45) is 0 Å². The third kappa shape index (κ3) is 2.30. The van der Waals surface area contributed by atoms with Crippen molar-refractivity contribution in [2.45, 2.75) is 26.1 Å². The molecule has 1 fully saturated rings. The van der Waals surface area contributed by atoms with Gasteiger partial charge in [0.05, 0.1) is 13.2 Å². The molecule has 0 spiro atoms. The van der Waals surface area contributed by atoms with E-state index in [4.69, 9.17) is 14.5 Å². The van der Waals surface area contributed by atoms with E-state index in [1.807, 2.05) is 13.8 Å².